The molecule has 0 bridgehead atoms. The molecule has 1 heterocycles. The van der Waals surface area contributed by atoms with E-state index in [0.29, 0.717) is 18.4 Å². The van der Waals surface area contributed by atoms with Crippen molar-refractivity contribution in [2.24, 2.45) is 5.92 Å². The number of anilines is 1. The lowest BCUT2D eigenvalue weighted by Crippen LogP contribution is -2.49. The van der Waals surface area contributed by atoms with E-state index in [1.165, 1.54) is 5.56 Å². The lowest BCUT2D eigenvalue weighted by Gasteiger charge is -2.35. The number of carbonyl (C=O) groups is 1. The third-order valence-corrected chi connectivity index (χ3v) is 4.65. The standard InChI is InChI=1S/C20H33N3O/c1-15(2)13-22-9-11-23(12-10-22)14-19(24)21-20-17(5)7-6-8-18(20)16(3)4/h6-8,15-16H,9-14H2,1-5H3,(H,21,24). The van der Waals surface area contributed by atoms with E-state index >= 15 is 0 Å². The van der Waals surface area contributed by atoms with Crippen molar-refractivity contribution in [3.05, 3.63) is 29.3 Å². The van der Waals surface area contributed by atoms with Crippen LogP contribution in [0.5, 0.6) is 0 Å². The van der Waals surface area contributed by atoms with Crippen molar-refractivity contribution in [2.75, 3.05) is 44.6 Å². The van der Waals surface area contributed by atoms with Crippen molar-refractivity contribution < 1.29 is 4.79 Å². The van der Waals surface area contributed by atoms with E-state index < -0.39 is 0 Å². The quantitative estimate of drug-likeness (QED) is 0.868. The van der Waals surface area contributed by atoms with Gasteiger partial charge in [-0.15, -0.1) is 0 Å². The summed E-state index contributed by atoms with van der Waals surface area (Å²) in [6, 6.07) is 6.23. The first-order valence-electron chi connectivity index (χ1n) is 9.21. The van der Waals surface area contributed by atoms with E-state index in [2.05, 4.69) is 67.9 Å². The Morgan fingerprint density at radius 1 is 1.08 bits per heavy atom. The Balaban J connectivity index is 1.89. The molecule has 1 aliphatic heterocycles. The topological polar surface area (TPSA) is 35.6 Å². The molecule has 1 amide bonds. The third kappa shape index (κ3) is 5.32. The second-order valence-electron chi connectivity index (χ2n) is 7.71. The Bertz CT molecular complexity index is 546. The summed E-state index contributed by atoms with van der Waals surface area (Å²) in [5, 5.41) is 3.16. The van der Waals surface area contributed by atoms with E-state index in [1.54, 1.807) is 0 Å². The van der Waals surface area contributed by atoms with Gasteiger partial charge in [0.25, 0.3) is 0 Å². The summed E-state index contributed by atoms with van der Waals surface area (Å²) in [7, 11) is 0. The molecule has 0 spiro atoms. The molecule has 4 nitrogen and oxygen atoms in total. The molecular weight excluding hydrogens is 298 g/mol. The minimum atomic E-state index is 0.100. The number of aryl methyl sites for hydroxylation is 1. The Hall–Kier alpha value is -1.39. The maximum atomic E-state index is 12.5. The van der Waals surface area contributed by atoms with Crippen LogP contribution in [0.4, 0.5) is 5.69 Å². The summed E-state index contributed by atoms with van der Waals surface area (Å²) in [6.45, 7) is 16.6. The van der Waals surface area contributed by atoms with E-state index in [9.17, 15) is 4.79 Å². The van der Waals surface area contributed by atoms with Crippen LogP contribution in [0.15, 0.2) is 18.2 Å². The number of benzene rings is 1. The molecule has 134 valence electrons. The van der Waals surface area contributed by atoms with Gasteiger partial charge in [-0.05, 0) is 29.9 Å². The van der Waals surface area contributed by atoms with Crippen LogP contribution < -0.4 is 5.32 Å². The highest BCUT2D eigenvalue weighted by molar-refractivity contribution is 5.93. The van der Waals surface area contributed by atoms with Crippen molar-refractivity contribution in [1.29, 1.82) is 0 Å². The summed E-state index contributed by atoms with van der Waals surface area (Å²) >= 11 is 0. The molecule has 1 N–H and O–H groups in total. The van der Waals surface area contributed by atoms with Gasteiger partial charge in [-0.2, -0.15) is 0 Å². The van der Waals surface area contributed by atoms with Crippen LogP contribution in [-0.4, -0.2) is 55.0 Å². The Kier molecular flexibility index (Phi) is 6.81. The Labute approximate surface area is 147 Å². The zero-order chi connectivity index (χ0) is 17.7. The smallest absolute Gasteiger partial charge is 0.238 e. The molecule has 1 aromatic rings. The fraction of sp³-hybridized carbons (Fsp3) is 0.650. The number of carbonyl (C=O) groups excluding carboxylic acids is 1. The van der Waals surface area contributed by atoms with Crippen LogP contribution in [0.3, 0.4) is 0 Å². The average Bonchev–Trinajstić information content (AvgIpc) is 2.50. The number of para-hydroxylation sites is 1. The second kappa shape index (κ2) is 8.63. The highest BCUT2D eigenvalue weighted by Crippen LogP contribution is 2.27. The van der Waals surface area contributed by atoms with Crippen molar-refractivity contribution in [3.63, 3.8) is 0 Å². The van der Waals surface area contributed by atoms with Gasteiger partial charge in [0.05, 0.1) is 6.54 Å². The molecule has 0 aliphatic carbocycles. The molecule has 0 unspecified atom stereocenters. The van der Waals surface area contributed by atoms with Gasteiger partial charge in [-0.1, -0.05) is 45.9 Å². The molecule has 1 aromatic carbocycles. The Morgan fingerprint density at radius 3 is 2.29 bits per heavy atom. The van der Waals surface area contributed by atoms with E-state index in [0.717, 1.165) is 44.0 Å². The molecule has 0 aromatic heterocycles. The summed E-state index contributed by atoms with van der Waals surface area (Å²) in [6.07, 6.45) is 0. The van der Waals surface area contributed by atoms with Crippen LogP contribution in [0.1, 0.15) is 44.7 Å². The van der Waals surface area contributed by atoms with Crippen LogP contribution in [-0.2, 0) is 4.79 Å². The molecule has 1 saturated heterocycles. The predicted octanol–water partition coefficient (Wildman–Crippen LogP) is 3.33. The maximum Gasteiger partial charge on any atom is 0.238 e. The molecule has 0 radical (unpaired) electrons. The van der Waals surface area contributed by atoms with Gasteiger partial charge in [-0.3, -0.25) is 9.69 Å². The van der Waals surface area contributed by atoms with Crippen LogP contribution in [0.25, 0.3) is 0 Å². The lowest BCUT2D eigenvalue weighted by molar-refractivity contribution is -0.117. The average molecular weight is 332 g/mol. The largest absolute Gasteiger partial charge is 0.324 e. The molecule has 4 heteroatoms. The number of amides is 1. The van der Waals surface area contributed by atoms with Crippen molar-refractivity contribution in [1.82, 2.24) is 9.80 Å². The number of nitrogens with one attached hydrogen (secondary N) is 1. The third-order valence-electron chi connectivity index (χ3n) is 4.65. The van der Waals surface area contributed by atoms with Crippen LogP contribution in [0.2, 0.25) is 0 Å². The summed E-state index contributed by atoms with van der Waals surface area (Å²) in [5.74, 6) is 1.21. The first kappa shape index (κ1) is 18.9. The zero-order valence-corrected chi connectivity index (χ0v) is 15.9. The van der Waals surface area contributed by atoms with Gasteiger partial charge in [0.1, 0.15) is 0 Å². The maximum absolute atomic E-state index is 12.5. The molecule has 2 rings (SSSR count). The monoisotopic (exact) mass is 331 g/mol. The molecule has 24 heavy (non-hydrogen) atoms. The summed E-state index contributed by atoms with van der Waals surface area (Å²) in [5.41, 5.74) is 3.34. The SMILES string of the molecule is Cc1cccc(C(C)C)c1NC(=O)CN1CCN(CC(C)C)CC1. The minimum absolute atomic E-state index is 0.100. The normalized spacial score (nSPS) is 16.8. The Morgan fingerprint density at radius 2 is 1.71 bits per heavy atom. The van der Waals surface area contributed by atoms with Gasteiger partial charge in [0.15, 0.2) is 0 Å². The van der Waals surface area contributed by atoms with E-state index in [-0.39, 0.29) is 5.91 Å². The van der Waals surface area contributed by atoms with Crippen molar-refractivity contribution in [3.8, 4) is 0 Å². The van der Waals surface area contributed by atoms with Crippen molar-refractivity contribution in [2.45, 2.75) is 40.5 Å². The highest BCUT2D eigenvalue weighted by Gasteiger charge is 2.20. The molecule has 0 atom stereocenters. The fourth-order valence-electron chi connectivity index (χ4n) is 3.37. The summed E-state index contributed by atoms with van der Waals surface area (Å²) < 4.78 is 0. The summed E-state index contributed by atoms with van der Waals surface area (Å²) in [4.78, 5) is 17.3. The zero-order valence-electron chi connectivity index (χ0n) is 15.9. The molecule has 1 aliphatic rings. The van der Waals surface area contributed by atoms with Gasteiger partial charge < -0.3 is 10.2 Å². The minimum Gasteiger partial charge on any atom is -0.324 e. The van der Waals surface area contributed by atoms with Crippen LogP contribution >= 0.6 is 0 Å². The predicted molar refractivity (Wildman–Crippen MR) is 102 cm³/mol. The van der Waals surface area contributed by atoms with Gasteiger partial charge >= 0.3 is 0 Å². The molecule has 0 saturated carbocycles. The first-order chi connectivity index (χ1) is 11.4. The molecule has 1 fully saturated rings. The number of hydrogen-bond acceptors (Lipinski definition) is 3. The highest BCUT2D eigenvalue weighted by atomic mass is 16.2. The van der Waals surface area contributed by atoms with Gasteiger partial charge in [-0.25, -0.2) is 0 Å². The number of nitrogens with zero attached hydrogens (tertiary/aromatic N) is 2. The molecular formula is C20H33N3O. The second-order valence-corrected chi connectivity index (χ2v) is 7.71. The fourth-order valence-corrected chi connectivity index (χ4v) is 3.37. The number of hydrogen-bond donors (Lipinski definition) is 1. The number of rotatable bonds is 6. The lowest BCUT2D eigenvalue weighted by atomic mass is 9.98. The van der Waals surface area contributed by atoms with Gasteiger partial charge in [0.2, 0.25) is 5.91 Å². The van der Waals surface area contributed by atoms with E-state index in [1.807, 2.05) is 0 Å². The van der Waals surface area contributed by atoms with Crippen molar-refractivity contribution >= 4 is 11.6 Å². The number of piperazine rings is 1. The van der Waals surface area contributed by atoms with Crippen LogP contribution in [0, 0.1) is 12.8 Å². The first-order valence-corrected chi connectivity index (χ1v) is 9.21. The van der Waals surface area contributed by atoms with E-state index in [4.69, 9.17) is 0 Å². The van der Waals surface area contributed by atoms with Gasteiger partial charge in [0, 0.05) is 38.4 Å².